The molecule has 1 aromatic heterocycles. The Morgan fingerprint density at radius 2 is 2.29 bits per heavy atom. The molecule has 6 heteroatoms. The predicted octanol–water partition coefficient (Wildman–Crippen LogP) is 2.29. The molecule has 1 aromatic rings. The second kappa shape index (κ2) is 5.89. The molecule has 2 rings (SSSR count). The van der Waals surface area contributed by atoms with Gasteiger partial charge in [0.2, 0.25) is 5.76 Å². The summed E-state index contributed by atoms with van der Waals surface area (Å²) < 4.78 is 5.92. The lowest BCUT2D eigenvalue weighted by molar-refractivity contribution is 0.0569. The van der Waals surface area contributed by atoms with E-state index in [1.165, 1.54) is 6.26 Å². The van der Waals surface area contributed by atoms with Crippen molar-refractivity contribution in [3.63, 3.8) is 0 Å². The number of carbonyl (C=O) groups is 1. The van der Waals surface area contributed by atoms with E-state index in [4.69, 9.17) is 4.42 Å². The molecule has 1 amide bonds. The van der Waals surface area contributed by atoms with Crippen LogP contribution in [0.25, 0.3) is 0 Å². The number of rotatable bonds is 1. The smallest absolute Gasteiger partial charge is 0.291 e. The van der Waals surface area contributed by atoms with Crippen LogP contribution in [-0.4, -0.2) is 36.0 Å². The molecule has 0 bridgehead atoms. The summed E-state index contributed by atoms with van der Waals surface area (Å²) in [5.74, 6) is 0.346. The van der Waals surface area contributed by atoms with E-state index in [1.807, 2.05) is 11.8 Å². The van der Waals surface area contributed by atoms with Gasteiger partial charge in [-0.2, -0.15) is 0 Å². The van der Waals surface area contributed by atoms with Gasteiger partial charge in [-0.15, -0.1) is 12.4 Å². The third-order valence-corrected chi connectivity index (χ3v) is 3.73. The number of hydrogen-bond donors (Lipinski definition) is 1. The van der Waals surface area contributed by atoms with Crippen LogP contribution in [0.5, 0.6) is 0 Å². The lowest BCUT2D eigenvalue weighted by Gasteiger charge is -2.38. The van der Waals surface area contributed by atoms with Gasteiger partial charge < -0.3 is 14.6 Å². The Morgan fingerprint density at radius 1 is 1.59 bits per heavy atom. The van der Waals surface area contributed by atoms with Crippen LogP contribution in [0.4, 0.5) is 0 Å². The Hall–Kier alpha value is -0.520. The summed E-state index contributed by atoms with van der Waals surface area (Å²) in [6.45, 7) is 5.68. The summed E-state index contributed by atoms with van der Waals surface area (Å²) in [4.78, 5) is 14.1. The van der Waals surface area contributed by atoms with Gasteiger partial charge in [0.15, 0.2) is 0 Å². The Balaban J connectivity index is 0.00000144. The van der Waals surface area contributed by atoms with E-state index in [0.717, 1.165) is 17.6 Å². The molecule has 1 saturated heterocycles. The van der Waals surface area contributed by atoms with Gasteiger partial charge in [0.05, 0.1) is 10.7 Å². The molecule has 0 aliphatic carbocycles. The van der Waals surface area contributed by atoms with Crippen molar-refractivity contribution < 1.29 is 9.21 Å². The highest BCUT2D eigenvalue weighted by atomic mass is 79.9. The zero-order chi connectivity index (χ0) is 11.7. The van der Waals surface area contributed by atoms with Crippen LogP contribution < -0.4 is 5.32 Å². The Morgan fingerprint density at radius 3 is 2.88 bits per heavy atom. The molecule has 4 nitrogen and oxygen atoms in total. The molecule has 2 heterocycles. The summed E-state index contributed by atoms with van der Waals surface area (Å²) in [6.07, 6.45) is 1.52. The van der Waals surface area contributed by atoms with Crippen LogP contribution in [-0.2, 0) is 0 Å². The van der Waals surface area contributed by atoms with E-state index in [0.29, 0.717) is 11.8 Å². The number of amides is 1. The monoisotopic (exact) mass is 322 g/mol. The van der Waals surface area contributed by atoms with E-state index >= 15 is 0 Å². The molecule has 0 aromatic carbocycles. The van der Waals surface area contributed by atoms with E-state index in [2.05, 4.69) is 28.2 Å². The Bertz CT molecular complexity index is 397. The highest BCUT2D eigenvalue weighted by Gasteiger charge is 2.30. The molecule has 2 unspecified atom stereocenters. The zero-order valence-corrected chi connectivity index (χ0v) is 12.2. The van der Waals surface area contributed by atoms with Crippen molar-refractivity contribution >= 4 is 34.2 Å². The molecule has 96 valence electrons. The summed E-state index contributed by atoms with van der Waals surface area (Å²) in [5, 5.41) is 3.34. The first-order chi connectivity index (χ1) is 7.61. The van der Waals surface area contributed by atoms with Crippen LogP contribution in [0, 0.1) is 0 Å². The number of piperazine rings is 1. The van der Waals surface area contributed by atoms with E-state index < -0.39 is 0 Å². The Labute approximate surface area is 115 Å². The fourth-order valence-electron chi connectivity index (χ4n) is 1.92. The molecule has 1 aliphatic heterocycles. The number of nitrogens with zero attached hydrogens (tertiary/aromatic N) is 1. The van der Waals surface area contributed by atoms with Crippen molar-refractivity contribution in [3.8, 4) is 0 Å². The summed E-state index contributed by atoms with van der Waals surface area (Å²) in [6, 6.07) is 2.23. The standard InChI is InChI=1S/C11H15BrN2O2.ClH/c1-7-8(2)14(5-4-13-7)11(15)10-9(12)3-6-16-10;/h3,6-8,13H,4-5H2,1-2H3;1H. The highest BCUT2D eigenvalue weighted by molar-refractivity contribution is 9.10. The van der Waals surface area contributed by atoms with Gasteiger partial charge in [-0.1, -0.05) is 0 Å². The summed E-state index contributed by atoms with van der Waals surface area (Å²) >= 11 is 3.31. The molecule has 0 saturated carbocycles. The lowest BCUT2D eigenvalue weighted by Crippen LogP contribution is -2.57. The number of furan rings is 1. The van der Waals surface area contributed by atoms with Crippen LogP contribution in [0.1, 0.15) is 24.4 Å². The molecule has 1 fully saturated rings. The van der Waals surface area contributed by atoms with E-state index in [1.54, 1.807) is 6.07 Å². The predicted molar refractivity (Wildman–Crippen MR) is 71.6 cm³/mol. The molecular weight excluding hydrogens is 307 g/mol. The van der Waals surface area contributed by atoms with Crippen molar-refractivity contribution in [2.24, 2.45) is 0 Å². The van der Waals surface area contributed by atoms with Gasteiger partial charge >= 0.3 is 0 Å². The maximum absolute atomic E-state index is 12.2. The maximum atomic E-state index is 12.2. The van der Waals surface area contributed by atoms with Crippen molar-refractivity contribution in [1.29, 1.82) is 0 Å². The maximum Gasteiger partial charge on any atom is 0.291 e. The van der Waals surface area contributed by atoms with E-state index in [-0.39, 0.29) is 24.4 Å². The van der Waals surface area contributed by atoms with Crippen molar-refractivity contribution in [3.05, 3.63) is 22.6 Å². The fourth-order valence-corrected chi connectivity index (χ4v) is 2.29. The first-order valence-corrected chi connectivity index (χ1v) is 6.18. The largest absolute Gasteiger partial charge is 0.458 e. The molecule has 0 radical (unpaired) electrons. The second-order valence-corrected chi connectivity index (χ2v) is 4.93. The molecule has 17 heavy (non-hydrogen) atoms. The fraction of sp³-hybridized carbons (Fsp3) is 0.545. The highest BCUT2D eigenvalue weighted by Crippen LogP contribution is 2.21. The minimum Gasteiger partial charge on any atom is -0.458 e. The third kappa shape index (κ3) is 2.84. The average molecular weight is 324 g/mol. The van der Waals surface area contributed by atoms with Crippen LogP contribution in [0.3, 0.4) is 0 Å². The molecule has 1 N–H and O–H groups in total. The van der Waals surface area contributed by atoms with Crippen molar-refractivity contribution in [2.75, 3.05) is 13.1 Å². The van der Waals surface area contributed by atoms with Crippen molar-refractivity contribution in [2.45, 2.75) is 25.9 Å². The summed E-state index contributed by atoms with van der Waals surface area (Å²) in [7, 11) is 0. The molecule has 0 spiro atoms. The molecular formula is C11H16BrClN2O2. The zero-order valence-electron chi connectivity index (χ0n) is 9.77. The van der Waals surface area contributed by atoms with Gasteiger partial charge in [-0.3, -0.25) is 4.79 Å². The minimum atomic E-state index is -0.0438. The van der Waals surface area contributed by atoms with Crippen LogP contribution >= 0.6 is 28.3 Å². The van der Waals surface area contributed by atoms with Gasteiger partial charge in [-0.05, 0) is 35.8 Å². The average Bonchev–Trinajstić information content (AvgIpc) is 2.68. The van der Waals surface area contributed by atoms with Gasteiger partial charge in [-0.25, -0.2) is 0 Å². The lowest BCUT2D eigenvalue weighted by atomic mass is 10.1. The number of halogens is 2. The number of hydrogen-bond acceptors (Lipinski definition) is 3. The van der Waals surface area contributed by atoms with Gasteiger partial charge in [0.25, 0.3) is 5.91 Å². The Kier molecular flexibility index (Phi) is 5.04. The normalized spacial score (nSPS) is 24.3. The van der Waals surface area contributed by atoms with Gasteiger partial charge in [0.1, 0.15) is 0 Å². The van der Waals surface area contributed by atoms with Crippen LogP contribution in [0.15, 0.2) is 21.2 Å². The van der Waals surface area contributed by atoms with Crippen LogP contribution in [0.2, 0.25) is 0 Å². The second-order valence-electron chi connectivity index (χ2n) is 4.08. The summed E-state index contributed by atoms with van der Waals surface area (Å²) in [5.41, 5.74) is 0. The quantitative estimate of drug-likeness (QED) is 0.862. The first kappa shape index (κ1) is 14.5. The topological polar surface area (TPSA) is 45.5 Å². The molecule has 1 aliphatic rings. The van der Waals surface area contributed by atoms with E-state index in [9.17, 15) is 4.79 Å². The van der Waals surface area contributed by atoms with Crippen molar-refractivity contribution in [1.82, 2.24) is 10.2 Å². The number of nitrogens with one attached hydrogen (secondary N) is 1. The number of carbonyl (C=O) groups excluding carboxylic acids is 1. The molecule has 2 atom stereocenters. The van der Waals surface area contributed by atoms with Gasteiger partial charge in [0, 0.05) is 25.2 Å². The minimum absolute atomic E-state index is 0. The first-order valence-electron chi connectivity index (χ1n) is 5.38. The SMILES string of the molecule is CC1NCCN(C(=O)c2occc2Br)C1C.Cl. The third-order valence-electron chi connectivity index (χ3n) is 3.11.